The van der Waals surface area contributed by atoms with Gasteiger partial charge in [0, 0.05) is 12.5 Å². The molecule has 1 unspecified atom stereocenters. The van der Waals surface area contributed by atoms with Crippen molar-refractivity contribution in [3.05, 3.63) is 34.9 Å². The van der Waals surface area contributed by atoms with Crippen LogP contribution >= 0.6 is 0 Å². The van der Waals surface area contributed by atoms with Crippen LogP contribution in [0.5, 0.6) is 0 Å². The molecule has 0 aromatic heterocycles. The molecule has 0 aliphatic rings. The van der Waals surface area contributed by atoms with Gasteiger partial charge in [-0.05, 0) is 56.8 Å². The summed E-state index contributed by atoms with van der Waals surface area (Å²) in [6, 6.07) is 6.44. The summed E-state index contributed by atoms with van der Waals surface area (Å²) in [5.41, 5.74) is 3.67. The second kappa shape index (κ2) is 6.94. The molecule has 0 spiro atoms. The van der Waals surface area contributed by atoms with Gasteiger partial charge in [-0.15, -0.1) is 0 Å². The van der Waals surface area contributed by atoms with E-state index in [0.29, 0.717) is 13.0 Å². The van der Waals surface area contributed by atoms with Gasteiger partial charge in [-0.25, -0.2) is 0 Å². The number of aryl methyl sites for hydroxylation is 2. The van der Waals surface area contributed by atoms with Gasteiger partial charge in [0.1, 0.15) is 0 Å². The van der Waals surface area contributed by atoms with Gasteiger partial charge in [0.05, 0.1) is 0 Å². The highest BCUT2D eigenvalue weighted by Crippen LogP contribution is 2.22. The molecule has 0 heterocycles. The highest BCUT2D eigenvalue weighted by Gasteiger charge is 2.25. The van der Waals surface area contributed by atoms with Gasteiger partial charge < -0.3 is 5.32 Å². The topological polar surface area (TPSA) is 12.0 Å². The van der Waals surface area contributed by atoms with Crippen LogP contribution in [0.25, 0.3) is 0 Å². The highest BCUT2D eigenvalue weighted by molar-refractivity contribution is 5.31. The number of nitrogens with one attached hydrogen (secondary N) is 1. The Morgan fingerprint density at radius 1 is 1.11 bits per heavy atom. The number of halogens is 3. The molecule has 1 N–H and O–H groups in total. The van der Waals surface area contributed by atoms with Crippen molar-refractivity contribution in [2.24, 2.45) is 0 Å². The van der Waals surface area contributed by atoms with Crippen LogP contribution in [0.3, 0.4) is 0 Å². The largest absolute Gasteiger partial charge is 0.389 e. The van der Waals surface area contributed by atoms with Gasteiger partial charge in [0.2, 0.25) is 0 Å². The number of hydrogen-bond acceptors (Lipinski definition) is 1. The van der Waals surface area contributed by atoms with Crippen LogP contribution in [0.15, 0.2) is 18.2 Å². The fourth-order valence-electron chi connectivity index (χ4n) is 1.92. The smallest absolute Gasteiger partial charge is 0.310 e. The molecule has 4 heteroatoms. The lowest BCUT2D eigenvalue weighted by molar-refractivity contribution is -0.135. The van der Waals surface area contributed by atoms with Crippen molar-refractivity contribution in [2.75, 3.05) is 6.54 Å². The molecule has 0 saturated carbocycles. The Kier molecular flexibility index (Phi) is 5.85. The van der Waals surface area contributed by atoms with Gasteiger partial charge in [-0.3, -0.25) is 0 Å². The lowest BCUT2D eigenvalue weighted by atomic mass is 10.0. The molecule has 0 bridgehead atoms. The Hall–Kier alpha value is -1.03. The fraction of sp³-hybridized carbons (Fsp3) is 0.600. The third kappa shape index (κ3) is 6.10. The minimum atomic E-state index is -4.03. The molecule has 108 valence electrons. The predicted octanol–water partition coefficient (Wildman–Crippen LogP) is 4.69. The first-order chi connectivity index (χ1) is 8.79. The summed E-state index contributed by atoms with van der Waals surface area (Å²) < 4.78 is 35.9. The van der Waals surface area contributed by atoms with E-state index in [-0.39, 0.29) is 12.5 Å². The molecule has 0 radical (unpaired) electrons. The summed E-state index contributed by atoms with van der Waals surface area (Å²) in [5.74, 6) is 0. The first kappa shape index (κ1) is 16.0. The first-order valence-corrected chi connectivity index (χ1v) is 6.67. The summed E-state index contributed by atoms with van der Waals surface area (Å²) in [6.07, 6.45) is -3.97. The van der Waals surface area contributed by atoms with Gasteiger partial charge in [-0.2, -0.15) is 13.2 Å². The van der Waals surface area contributed by atoms with Gasteiger partial charge in [0.15, 0.2) is 0 Å². The van der Waals surface area contributed by atoms with Crippen molar-refractivity contribution >= 4 is 0 Å². The number of hydrogen-bond donors (Lipinski definition) is 1. The summed E-state index contributed by atoms with van der Waals surface area (Å²) >= 11 is 0. The maximum Gasteiger partial charge on any atom is 0.389 e. The van der Waals surface area contributed by atoms with E-state index < -0.39 is 12.6 Å². The van der Waals surface area contributed by atoms with E-state index in [2.05, 4.69) is 37.4 Å². The SMILES string of the molecule is Cc1ccc(C(C)NCCCCC(F)(F)F)cc1C. The Bertz CT molecular complexity index is 399. The van der Waals surface area contributed by atoms with Crippen LogP contribution in [0.4, 0.5) is 13.2 Å². The lowest BCUT2D eigenvalue weighted by Crippen LogP contribution is -2.20. The summed E-state index contributed by atoms with van der Waals surface area (Å²) in [4.78, 5) is 0. The zero-order valence-electron chi connectivity index (χ0n) is 11.8. The van der Waals surface area contributed by atoms with Crippen LogP contribution in [-0.2, 0) is 0 Å². The van der Waals surface area contributed by atoms with Crippen molar-refractivity contribution in [2.45, 2.75) is 52.3 Å². The monoisotopic (exact) mass is 273 g/mol. The average molecular weight is 273 g/mol. The van der Waals surface area contributed by atoms with E-state index >= 15 is 0 Å². The van der Waals surface area contributed by atoms with E-state index in [0.717, 1.165) is 0 Å². The molecule has 0 fully saturated rings. The molecule has 0 saturated heterocycles. The Morgan fingerprint density at radius 3 is 2.37 bits per heavy atom. The van der Waals surface area contributed by atoms with Gasteiger partial charge in [0.25, 0.3) is 0 Å². The summed E-state index contributed by atoms with van der Waals surface area (Å²) in [6.45, 7) is 6.78. The molecule has 0 amide bonds. The molecule has 1 rings (SSSR count). The molecule has 0 aliphatic heterocycles. The van der Waals surface area contributed by atoms with Crippen LogP contribution < -0.4 is 5.32 Å². The fourth-order valence-corrected chi connectivity index (χ4v) is 1.92. The molecular formula is C15H22F3N. The second-order valence-electron chi connectivity index (χ2n) is 5.09. The van der Waals surface area contributed by atoms with Crippen molar-refractivity contribution < 1.29 is 13.2 Å². The van der Waals surface area contributed by atoms with Crippen molar-refractivity contribution in [3.8, 4) is 0 Å². The zero-order chi connectivity index (χ0) is 14.5. The molecule has 1 atom stereocenters. The maximum absolute atomic E-state index is 12.0. The third-order valence-electron chi connectivity index (χ3n) is 3.37. The molecule has 0 aliphatic carbocycles. The van der Waals surface area contributed by atoms with Crippen molar-refractivity contribution in [1.29, 1.82) is 0 Å². The Labute approximate surface area is 113 Å². The first-order valence-electron chi connectivity index (χ1n) is 6.67. The highest BCUT2D eigenvalue weighted by atomic mass is 19.4. The quantitative estimate of drug-likeness (QED) is 0.742. The van der Waals surface area contributed by atoms with E-state index in [1.165, 1.54) is 16.7 Å². The Balaban J connectivity index is 2.31. The molecule has 1 aromatic rings. The minimum Gasteiger partial charge on any atom is -0.310 e. The zero-order valence-corrected chi connectivity index (χ0v) is 11.8. The van der Waals surface area contributed by atoms with E-state index in [1.807, 2.05) is 6.92 Å². The molecule has 1 nitrogen and oxygen atoms in total. The number of unbranched alkanes of at least 4 members (excludes halogenated alkanes) is 1. The number of rotatable bonds is 6. The van der Waals surface area contributed by atoms with E-state index in [1.54, 1.807) is 0 Å². The van der Waals surface area contributed by atoms with Gasteiger partial charge in [-0.1, -0.05) is 18.2 Å². The minimum absolute atomic E-state index is 0.171. The average Bonchev–Trinajstić information content (AvgIpc) is 2.30. The predicted molar refractivity (Wildman–Crippen MR) is 72.2 cm³/mol. The van der Waals surface area contributed by atoms with Gasteiger partial charge >= 0.3 is 6.18 Å². The van der Waals surface area contributed by atoms with Crippen LogP contribution in [0, 0.1) is 13.8 Å². The van der Waals surface area contributed by atoms with Crippen LogP contribution in [0.2, 0.25) is 0 Å². The summed E-state index contributed by atoms with van der Waals surface area (Å²) in [7, 11) is 0. The lowest BCUT2D eigenvalue weighted by Gasteiger charge is -2.15. The molecule has 19 heavy (non-hydrogen) atoms. The van der Waals surface area contributed by atoms with E-state index in [9.17, 15) is 13.2 Å². The van der Waals surface area contributed by atoms with Crippen LogP contribution in [-0.4, -0.2) is 12.7 Å². The number of alkyl halides is 3. The third-order valence-corrected chi connectivity index (χ3v) is 3.37. The maximum atomic E-state index is 12.0. The van der Waals surface area contributed by atoms with E-state index in [4.69, 9.17) is 0 Å². The van der Waals surface area contributed by atoms with Crippen molar-refractivity contribution in [3.63, 3.8) is 0 Å². The summed E-state index contributed by atoms with van der Waals surface area (Å²) in [5, 5.41) is 3.26. The van der Waals surface area contributed by atoms with Crippen molar-refractivity contribution in [1.82, 2.24) is 5.32 Å². The second-order valence-corrected chi connectivity index (χ2v) is 5.09. The van der Waals surface area contributed by atoms with Crippen LogP contribution in [0.1, 0.15) is 48.9 Å². The molecule has 1 aromatic carbocycles. The number of benzene rings is 1. The Morgan fingerprint density at radius 2 is 1.79 bits per heavy atom. The molecular weight excluding hydrogens is 251 g/mol. The standard InChI is InChI=1S/C15H22F3N/c1-11-6-7-14(10-12(11)2)13(3)19-9-5-4-8-15(16,17)18/h6-7,10,13,19H,4-5,8-9H2,1-3H3. The normalized spacial score (nSPS) is 13.6.